The molecule has 41 heavy (non-hydrogen) atoms. The summed E-state index contributed by atoms with van der Waals surface area (Å²) in [5.74, 6) is -0.864. The van der Waals surface area contributed by atoms with E-state index < -0.39 is 41.3 Å². The van der Waals surface area contributed by atoms with Crippen LogP contribution >= 0.6 is 0 Å². The fraction of sp³-hybridized carbons (Fsp3) is 0.357. The summed E-state index contributed by atoms with van der Waals surface area (Å²) >= 11 is 0. The highest BCUT2D eigenvalue weighted by molar-refractivity contribution is 5.95. The van der Waals surface area contributed by atoms with Gasteiger partial charge in [0.15, 0.2) is 17.2 Å². The first kappa shape index (κ1) is 28.6. The Morgan fingerprint density at radius 1 is 1.17 bits per heavy atom. The van der Waals surface area contributed by atoms with Gasteiger partial charge in [-0.25, -0.2) is 9.37 Å². The van der Waals surface area contributed by atoms with Crippen LogP contribution in [0.1, 0.15) is 28.0 Å². The molecule has 1 aromatic heterocycles. The van der Waals surface area contributed by atoms with Crippen LogP contribution in [0.5, 0.6) is 17.2 Å². The van der Waals surface area contributed by atoms with Gasteiger partial charge in [-0.3, -0.25) is 4.79 Å². The van der Waals surface area contributed by atoms with Crippen molar-refractivity contribution >= 4 is 5.91 Å². The molecule has 0 radical (unpaired) electrons. The molecule has 4 N–H and O–H groups in total. The van der Waals surface area contributed by atoms with E-state index in [1.807, 2.05) is 0 Å². The maximum atomic E-state index is 14.6. The van der Waals surface area contributed by atoms with Gasteiger partial charge in [0.25, 0.3) is 5.91 Å². The minimum absolute atomic E-state index is 0.0141. The van der Waals surface area contributed by atoms with Gasteiger partial charge in [0.1, 0.15) is 24.7 Å². The van der Waals surface area contributed by atoms with Crippen molar-refractivity contribution in [1.29, 1.82) is 0 Å². The number of alkyl halides is 3. The van der Waals surface area contributed by atoms with E-state index in [9.17, 15) is 27.5 Å². The Hall–Kier alpha value is -3.94. The molecule has 0 bridgehead atoms. The molecule has 2 aliphatic rings. The average Bonchev–Trinajstić information content (AvgIpc) is 3.34. The van der Waals surface area contributed by atoms with Crippen molar-refractivity contribution in [2.75, 3.05) is 40.0 Å². The minimum atomic E-state index is -5.25. The molecule has 0 saturated carbocycles. The Morgan fingerprint density at radius 2 is 1.90 bits per heavy atom. The van der Waals surface area contributed by atoms with Crippen LogP contribution in [0.2, 0.25) is 0 Å². The molecule has 218 valence electrons. The molecule has 1 fully saturated rings. The topological polar surface area (TPSA) is 122 Å². The van der Waals surface area contributed by atoms with Crippen LogP contribution in [0, 0.1) is 5.82 Å². The molecule has 2 aromatic carbocycles. The van der Waals surface area contributed by atoms with Crippen molar-refractivity contribution < 1.29 is 46.8 Å². The summed E-state index contributed by atoms with van der Waals surface area (Å²) < 4.78 is 73.6. The number of carbonyl (C=O) groups excluding carboxylic acids is 1. The Balaban J connectivity index is 1.50. The molecule has 0 aliphatic carbocycles. The normalized spacial score (nSPS) is 19.1. The van der Waals surface area contributed by atoms with Crippen LogP contribution in [-0.4, -0.2) is 67.3 Å². The number of aromatic nitrogens is 1. The third kappa shape index (κ3) is 5.16. The van der Waals surface area contributed by atoms with Crippen molar-refractivity contribution in [3.05, 3.63) is 71.2 Å². The highest BCUT2D eigenvalue weighted by Crippen LogP contribution is 2.49. The van der Waals surface area contributed by atoms with Crippen LogP contribution in [-0.2, 0) is 11.1 Å². The molecular weight excluding hydrogens is 550 g/mol. The molecule has 2 aliphatic heterocycles. The van der Waals surface area contributed by atoms with Gasteiger partial charge in [0.2, 0.25) is 5.60 Å². The van der Waals surface area contributed by atoms with E-state index in [2.05, 4.69) is 15.6 Å². The number of nitrogens with zero attached hydrogens (tertiary/aromatic N) is 1. The molecule has 9 nitrogen and oxygen atoms in total. The number of benzene rings is 2. The predicted molar refractivity (Wildman–Crippen MR) is 137 cm³/mol. The molecule has 1 amide bonds. The zero-order valence-corrected chi connectivity index (χ0v) is 21.8. The van der Waals surface area contributed by atoms with Crippen molar-refractivity contribution in [2.45, 2.75) is 23.7 Å². The summed E-state index contributed by atoms with van der Waals surface area (Å²) in [7, 11) is 1.32. The Labute approximate surface area is 232 Å². The number of hydrogen-bond acceptors (Lipinski definition) is 8. The van der Waals surface area contributed by atoms with Crippen LogP contribution in [0.15, 0.2) is 48.5 Å². The highest BCUT2D eigenvalue weighted by Gasteiger charge is 2.58. The quantitative estimate of drug-likeness (QED) is 0.287. The first-order valence-corrected chi connectivity index (χ1v) is 12.7. The van der Waals surface area contributed by atoms with E-state index in [1.165, 1.54) is 37.4 Å². The van der Waals surface area contributed by atoms with Crippen LogP contribution < -0.4 is 24.8 Å². The van der Waals surface area contributed by atoms with Crippen LogP contribution in [0.3, 0.4) is 0 Å². The predicted octanol–water partition coefficient (Wildman–Crippen LogP) is 3.03. The molecule has 1 spiro atoms. The number of halogens is 4. The summed E-state index contributed by atoms with van der Waals surface area (Å²) in [5.41, 5.74) is -4.42. The smallest absolute Gasteiger partial charge is 0.424 e. The lowest BCUT2D eigenvalue weighted by Gasteiger charge is -2.39. The summed E-state index contributed by atoms with van der Waals surface area (Å²) in [6, 6.07) is 10.1. The summed E-state index contributed by atoms with van der Waals surface area (Å²) in [4.78, 5) is 17.1. The molecule has 3 heterocycles. The third-order valence-corrected chi connectivity index (χ3v) is 7.26. The third-order valence-electron chi connectivity index (χ3n) is 7.26. The zero-order chi connectivity index (χ0) is 29.4. The molecular formula is C28H27F4N3O6. The first-order valence-electron chi connectivity index (χ1n) is 12.7. The number of aliphatic hydroxyl groups excluding tert-OH is 1. The van der Waals surface area contributed by atoms with Crippen molar-refractivity contribution in [3.8, 4) is 28.5 Å². The number of pyridine rings is 1. The average molecular weight is 578 g/mol. The van der Waals surface area contributed by atoms with Crippen molar-refractivity contribution in [3.63, 3.8) is 0 Å². The van der Waals surface area contributed by atoms with E-state index in [-0.39, 0.29) is 48.3 Å². The second kappa shape index (κ2) is 10.8. The lowest BCUT2D eigenvalue weighted by molar-refractivity contribution is -0.265. The maximum Gasteiger partial charge on any atom is 0.424 e. The molecule has 3 aromatic rings. The standard InChI is InChI=1S/C28H27F4N3O6/c1-39-21-12-17(4-7-20(21)40-11-10-36)25(37)33-14-27(38,28(30,31)32)22-13-19-24(41-15-26(19)8-9-34-26)23(35-22)16-2-5-18(29)6-3-16/h2-7,12-13,34,36,38H,8-11,14-15H2,1H3,(H,33,37). The van der Waals surface area contributed by atoms with Gasteiger partial charge in [-0.05, 0) is 61.5 Å². The van der Waals surface area contributed by atoms with Crippen molar-refractivity contribution in [2.24, 2.45) is 0 Å². The number of carbonyl (C=O) groups is 1. The number of nitrogens with one attached hydrogen (secondary N) is 2. The molecule has 13 heteroatoms. The second-order valence-electron chi connectivity index (χ2n) is 9.77. The number of methoxy groups -OCH3 is 1. The lowest BCUT2D eigenvalue weighted by Crippen LogP contribution is -2.55. The summed E-state index contributed by atoms with van der Waals surface area (Å²) in [6.45, 7) is -0.765. The van der Waals surface area contributed by atoms with Crippen molar-refractivity contribution in [1.82, 2.24) is 15.6 Å². The second-order valence-corrected chi connectivity index (χ2v) is 9.77. The van der Waals surface area contributed by atoms with Gasteiger partial charge < -0.3 is 35.1 Å². The number of rotatable bonds is 9. The van der Waals surface area contributed by atoms with Gasteiger partial charge in [-0.15, -0.1) is 0 Å². The monoisotopic (exact) mass is 577 g/mol. The van der Waals surface area contributed by atoms with Crippen LogP contribution in [0.25, 0.3) is 11.3 Å². The number of ether oxygens (including phenoxy) is 3. The maximum absolute atomic E-state index is 14.6. The number of amides is 1. The molecule has 2 unspecified atom stereocenters. The van der Waals surface area contributed by atoms with Gasteiger partial charge in [0.05, 0.1) is 31.5 Å². The van der Waals surface area contributed by atoms with E-state index in [0.29, 0.717) is 24.1 Å². The molecule has 2 atom stereocenters. The number of fused-ring (bicyclic) bond motifs is 2. The fourth-order valence-corrected chi connectivity index (χ4v) is 4.83. The highest BCUT2D eigenvalue weighted by atomic mass is 19.4. The number of aliphatic hydroxyl groups is 2. The van der Waals surface area contributed by atoms with Gasteiger partial charge in [-0.1, -0.05) is 0 Å². The van der Waals surface area contributed by atoms with Gasteiger partial charge >= 0.3 is 6.18 Å². The van der Waals surface area contributed by atoms with Crippen LogP contribution in [0.4, 0.5) is 17.6 Å². The fourth-order valence-electron chi connectivity index (χ4n) is 4.83. The van der Waals surface area contributed by atoms with Gasteiger partial charge in [-0.2, -0.15) is 13.2 Å². The number of hydrogen-bond donors (Lipinski definition) is 4. The van der Waals surface area contributed by atoms with E-state index >= 15 is 0 Å². The van der Waals surface area contributed by atoms with E-state index in [4.69, 9.17) is 19.3 Å². The first-order chi connectivity index (χ1) is 19.5. The Kier molecular flexibility index (Phi) is 7.53. The minimum Gasteiger partial charge on any atom is -0.493 e. The SMILES string of the molecule is COc1cc(C(=O)NCC(O)(c2cc3c(c(-c4ccc(F)cc4)n2)OCC32CCN2)C(F)(F)F)ccc1OCCO. The summed E-state index contributed by atoms with van der Waals surface area (Å²) in [5, 5.41) is 25.5. The Morgan fingerprint density at radius 3 is 2.51 bits per heavy atom. The summed E-state index contributed by atoms with van der Waals surface area (Å²) in [6.07, 6.45) is -4.66. The Bertz CT molecular complexity index is 1450. The lowest BCUT2D eigenvalue weighted by atomic mass is 9.81. The molecule has 5 rings (SSSR count). The molecule has 1 saturated heterocycles. The van der Waals surface area contributed by atoms with Gasteiger partial charge in [0, 0.05) is 16.7 Å². The van der Waals surface area contributed by atoms with E-state index in [0.717, 1.165) is 18.2 Å². The zero-order valence-electron chi connectivity index (χ0n) is 21.8. The van der Waals surface area contributed by atoms with E-state index in [1.54, 1.807) is 0 Å². The largest absolute Gasteiger partial charge is 0.493 e.